The molecule has 3 unspecified atom stereocenters. The third-order valence-electron chi connectivity index (χ3n) is 4.58. The van der Waals surface area contributed by atoms with Gasteiger partial charge in [-0.1, -0.05) is 25.4 Å². The number of fused-ring (bicyclic) bond motifs is 1. The Morgan fingerprint density at radius 2 is 2.05 bits per heavy atom. The van der Waals surface area contributed by atoms with Crippen LogP contribution in [0, 0.1) is 11.8 Å². The lowest BCUT2D eigenvalue weighted by Crippen LogP contribution is -2.34. The summed E-state index contributed by atoms with van der Waals surface area (Å²) in [5.41, 5.74) is -0.0312. The van der Waals surface area contributed by atoms with Crippen molar-refractivity contribution in [1.29, 1.82) is 0 Å². The second kappa shape index (κ2) is 4.53. The molecule has 1 saturated carbocycles. The Morgan fingerprint density at radius 3 is 2.79 bits per heavy atom. The summed E-state index contributed by atoms with van der Waals surface area (Å²) < 4.78 is 5.84. The molecule has 19 heavy (non-hydrogen) atoms. The monoisotopic (exact) mass is 278 g/mol. The van der Waals surface area contributed by atoms with Crippen LogP contribution < -0.4 is 0 Å². The maximum atomic E-state index is 10.9. The first-order valence-corrected chi connectivity index (χ1v) is 7.28. The Kier molecular flexibility index (Phi) is 3.11. The highest BCUT2D eigenvalue weighted by molar-refractivity contribution is 6.31. The van der Waals surface area contributed by atoms with E-state index in [2.05, 4.69) is 13.8 Å². The van der Waals surface area contributed by atoms with Gasteiger partial charge in [0.25, 0.3) is 0 Å². The van der Waals surface area contributed by atoms with Gasteiger partial charge in [-0.15, -0.1) is 0 Å². The van der Waals surface area contributed by atoms with Crippen LogP contribution in [0.1, 0.15) is 38.9 Å². The topological polar surface area (TPSA) is 33.4 Å². The Bertz CT molecular complexity index is 604. The Morgan fingerprint density at radius 1 is 1.26 bits per heavy atom. The maximum Gasteiger partial charge on any atom is 0.136 e. The molecule has 1 N–H and O–H groups in total. The highest BCUT2D eigenvalue weighted by Gasteiger charge is 2.39. The van der Waals surface area contributed by atoms with Crippen LogP contribution in [-0.4, -0.2) is 5.11 Å². The SMILES string of the molecule is CC1CCC(O)(c2cc3cc(Cl)ccc3o2)CC1C. The van der Waals surface area contributed by atoms with Crippen LogP contribution in [0.2, 0.25) is 5.02 Å². The van der Waals surface area contributed by atoms with Gasteiger partial charge in [-0.05, 0) is 55.4 Å². The third kappa shape index (κ3) is 2.28. The number of hydrogen-bond donors (Lipinski definition) is 1. The first kappa shape index (κ1) is 13.0. The van der Waals surface area contributed by atoms with Crippen molar-refractivity contribution in [2.45, 2.75) is 38.7 Å². The molecule has 1 aromatic heterocycles. The molecular formula is C16H19ClO2. The van der Waals surface area contributed by atoms with Crippen molar-refractivity contribution in [3.63, 3.8) is 0 Å². The number of furan rings is 1. The molecule has 1 aliphatic carbocycles. The summed E-state index contributed by atoms with van der Waals surface area (Å²) in [6, 6.07) is 7.48. The van der Waals surface area contributed by atoms with Gasteiger partial charge in [0.15, 0.2) is 0 Å². The fraction of sp³-hybridized carbons (Fsp3) is 0.500. The van der Waals surface area contributed by atoms with Gasteiger partial charge in [0.05, 0.1) is 0 Å². The summed E-state index contributed by atoms with van der Waals surface area (Å²) in [6.07, 6.45) is 2.57. The van der Waals surface area contributed by atoms with Crippen LogP contribution in [0.25, 0.3) is 11.0 Å². The zero-order valence-electron chi connectivity index (χ0n) is 11.3. The Hall–Kier alpha value is -0.990. The van der Waals surface area contributed by atoms with Crippen LogP contribution in [0.15, 0.2) is 28.7 Å². The van der Waals surface area contributed by atoms with E-state index in [9.17, 15) is 5.11 Å². The molecule has 0 spiro atoms. The summed E-state index contributed by atoms with van der Waals surface area (Å²) in [5, 5.41) is 12.5. The fourth-order valence-electron chi connectivity index (χ4n) is 3.05. The molecule has 1 aliphatic rings. The summed E-state index contributed by atoms with van der Waals surface area (Å²) in [5.74, 6) is 1.86. The van der Waals surface area contributed by atoms with Crippen molar-refractivity contribution in [2.24, 2.45) is 11.8 Å². The molecule has 0 bridgehead atoms. The normalized spacial score (nSPS) is 31.8. The van der Waals surface area contributed by atoms with Crippen molar-refractivity contribution in [1.82, 2.24) is 0 Å². The molecule has 1 fully saturated rings. The van der Waals surface area contributed by atoms with E-state index in [1.807, 2.05) is 24.3 Å². The minimum atomic E-state index is -0.822. The zero-order chi connectivity index (χ0) is 13.6. The van der Waals surface area contributed by atoms with Gasteiger partial charge in [0.1, 0.15) is 16.9 Å². The van der Waals surface area contributed by atoms with Crippen molar-refractivity contribution < 1.29 is 9.52 Å². The van der Waals surface area contributed by atoms with E-state index in [-0.39, 0.29) is 0 Å². The summed E-state index contributed by atoms with van der Waals surface area (Å²) in [7, 11) is 0. The molecule has 3 rings (SSSR count). The van der Waals surface area contributed by atoms with E-state index in [1.165, 1.54) is 0 Å². The molecule has 2 aromatic rings. The molecule has 0 aliphatic heterocycles. The van der Waals surface area contributed by atoms with E-state index in [1.54, 1.807) is 0 Å². The van der Waals surface area contributed by atoms with Crippen LogP contribution in [-0.2, 0) is 5.60 Å². The lowest BCUT2D eigenvalue weighted by Gasteiger charge is -2.37. The smallest absolute Gasteiger partial charge is 0.136 e. The van der Waals surface area contributed by atoms with E-state index >= 15 is 0 Å². The third-order valence-corrected chi connectivity index (χ3v) is 4.82. The van der Waals surface area contributed by atoms with Crippen LogP contribution in [0.5, 0.6) is 0 Å². The average molecular weight is 279 g/mol. The number of aliphatic hydroxyl groups is 1. The zero-order valence-corrected chi connectivity index (χ0v) is 12.1. The predicted octanol–water partition coefficient (Wildman–Crippen LogP) is 4.73. The molecule has 2 nitrogen and oxygen atoms in total. The lowest BCUT2D eigenvalue weighted by atomic mass is 9.72. The molecule has 102 valence electrons. The van der Waals surface area contributed by atoms with E-state index in [4.69, 9.17) is 16.0 Å². The first-order chi connectivity index (χ1) is 8.98. The van der Waals surface area contributed by atoms with Gasteiger partial charge in [0.2, 0.25) is 0 Å². The summed E-state index contributed by atoms with van der Waals surface area (Å²) >= 11 is 5.99. The molecule has 0 radical (unpaired) electrons. The minimum absolute atomic E-state index is 0.510. The average Bonchev–Trinajstić information content (AvgIpc) is 2.78. The van der Waals surface area contributed by atoms with E-state index in [0.717, 1.165) is 30.2 Å². The standard InChI is InChI=1S/C16H19ClO2/c1-10-5-6-16(18,9-11(10)2)15-8-12-7-13(17)3-4-14(12)19-15/h3-4,7-8,10-11,18H,5-6,9H2,1-2H3. The summed E-state index contributed by atoms with van der Waals surface area (Å²) in [4.78, 5) is 0. The van der Waals surface area contributed by atoms with Crippen molar-refractivity contribution in [3.05, 3.63) is 35.0 Å². The van der Waals surface area contributed by atoms with Gasteiger partial charge in [-0.2, -0.15) is 0 Å². The van der Waals surface area contributed by atoms with Crippen molar-refractivity contribution in [2.75, 3.05) is 0 Å². The first-order valence-electron chi connectivity index (χ1n) is 6.90. The molecular weight excluding hydrogens is 260 g/mol. The van der Waals surface area contributed by atoms with Gasteiger partial charge >= 0.3 is 0 Å². The molecule has 3 atom stereocenters. The Balaban J connectivity index is 1.99. The highest BCUT2D eigenvalue weighted by atomic mass is 35.5. The van der Waals surface area contributed by atoms with Crippen LogP contribution in [0.3, 0.4) is 0 Å². The van der Waals surface area contributed by atoms with Crippen molar-refractivity contribution >= 4 is 22.6 Å². The van der Waals surface area contributed by atoms with E-state index in [0.29, 0.717) is 22.6 Å². The highest BCUT2D eigenvalue weighted by Crippen LogP contribution is 2.44. The Labute approximate surface area is 118 Å². The summed E-state index contributed by atoms with van der Waals surface area (Å²) in [6.45, 7) is 4.46. The molecule has 0 amide bonds. The fourth-order valence-corrected chi connectivity index (χ4v) is 3.23. The number of halogens is 1. The molecule has 3 heteroatoms. The van der Waals surface area contributed by atoms with Gasteiger partial charge in [-0.3, -0.25) is 0 Å². The second-order valence-electron chi connectivity index (χ2n) is 6.02. The predicted molar refractivity (Wildman–Crippen MR) is 77.3 cm³/mol. The van der Waals surface area contributed by atoms with Crippen molar-refractivity contribution in [3.8, 4) is 0 Å². The molecule has 0 saturated heterocycles. The van der Waals surface area contributed by atoms with Gasteiger partial charge < -0.3 is 9.52 Å². The van der Waals surface area contributed by atoms with Crippen LogP contribution >= 0.6 is 11.6 Å². The lowest BCUT2D eigenvalue weighted by molar-refractivity contribution is -0.0488. The molecule has 1 aromatic carbocycles. The second-order valence-corrected chi connectivity index (χ2v) is 6.46. The van der Waals surface area contributed by atoms with Gasteiger partial charge in [-0.25, -0.2) is 0 Å². The largest absolute Gasteiger partial charge is 0.458 e. The maximum absolute atomic E-state index is 10.9. The quantitative estimate of drug-likeness (QED) is 0.818. The minimum Gasteiger partial charge on any atom is -0.458 e. The number of rotatable bonds is 1. The van der Waals surface area contributed by atoms with E-state index < -0.39 is 5.60 Å². The number of hydrogen-bond acceptors (Lipinski definition) is 2. The van der Waals surface area contributed by atoms with Crippen LogP contribution in [0.4, 0.5) is 0 Å². The molecule has 1 heterocycles. The van der Waals surface area contributed by atoms with Gasteiger partial charge in [0, 0.05) is 10.4 Å². The number of benzene rings is 1.